The van der Waals surface area contributed by atoms with Gasteiger partial charge in [-0.3, -0.25) is 9.59 Å². The summed E-state index contributed by atoms with van der Waals surface area (Å²) >= 11 is 0. The van der Waals surface area contributed by atoms with Gasteiger partial charge in [0, 0.05) is 24.4 Å². The van der Waals surface area contributed by atoms with Crippen LogP contribution in [-0.2, 0) is 22.1 Å². The molecular weight excluding hydrogens is 404 g/mol. The van der Waals surface area contributed by atoms with Crippen LogP contribution in [-0.4, -0.2) is 31.1 Å². The summed E-state index contributed by atoms with van der Waals surface area (Å²) in [7, 11) is 0. The second-order valence-electron chi connectivity index (χ2n) is 6.96. The Morgan fingerprint density at radius 3 is 2.57 bits per heavy atom. The molecule has 1 aliphatic rings. The van der Waals surface area contributed by atoms with Crippen LogP contribution in [0.2, 0.25) is 0 Å². The number of ether oxygens (including phenoxy) is 1. The summed E-state index contributed by atoms with van der Waals surface area (Å²) in [6, 6.07) is 8.21. The fraction of sp³-hybridized carbons (Fsp3) is 0.333. The normalized spacial score (nSPS) is 16.3. The Labute approximate surface area is 170 Å². The maximum Gasteiger partial charge on any atom is 0.416 e. The number of anilines is 1. The van der Waals surface area contributed by atoms with Gasteiger partial charge < -0.3 is 15.4 Å². The van der Waals surface area contributed by atoms with Crippen molar-refractivity contribution >= 4 is 17.5 Å². The number of amides is 2. The van der Waals surface area contributed by atoms with Crippen molar-refractivity contribution in [2.24, 2.45) is 0 Å². The first-order valence-corrected chi connectivity index (χ1v) is 9.38. The number of alkyl halides is 3. The van der Waals surface area contributed by atoms with Gasteiger partial charge in [0.15, 0.2) is 0 Å². The van der Waals surface area contributed by atoms with Crippen molar-refractivity contribution in [1.29, 1.82) is 0 Å². The average Bonchev–Trinajstić information content (AvgIpc) is 3.20. The lowest BCUT2D eigenvalue weighted by molar-refractivity contribution is -0.137. The van der Waals surface area contributed by atoms with Crippen LogP contribution in [0.3, 0.4) is 0 Å². The summed E-state index contributed by atoms with van der Waals surface area (Å²) in [5.74, 6) is -2.00. The maximum absolute atomic E-state index is 13.7. The number of halogens is 4. The first kappa shape index (κ1) is 21.8. The molecular formula is C21H20F4N2O3. The van der Waals surface area contributed by atoms with Crippen LogP contribution >= 0.6 is 0 Å². The monoisotopic (exact) mass is 424 g/mol. The highest BCUT2D eigenvalue weighted by Gasteiger charge is 2.32. The lowest BCUT2D eigenvalue weighted by Gasteiger charge is -2.15. The molecule has 0 aliphatic carbocycles. The topological polar surface area (TPSA) is 67.4 Å². The molecule has 2 aromatic carbocycles. The number of rotatable bonds is 6. The van der Waals surface area contributed by atoms with Crippen molar-refractivity contribution in [3.05, 3.63) is 65.0 Å². The van der Waals surface area contributed by atoms with Gasteiger partial charge in [0.1, 0.15) is 5.82 Å². The Morgan fingerprint density at radius 1 is 1.13 bits per heavy atom. The van der Waals surface area contributed by atoms with Gasteiger partial charge >= 0.3 is 6.18 Å². The number of nitrogens with one attached hydrogen (secondary N) is 2. The fourth-order valence-corrected chi connectivity index (χ4v) is 3.13. The van der Waals surface area contributed by atoms with Gasteiger partial charge in [0.25, 0.3) is 5.91 Å². The predicted molar refractivity (Wildman–Crippen MR) is 101 cm³/mol. The molecule has 0 saturated carbocycles. The second-order valence-corrected chi connectivity index (χ2v) is 6.96. The Kier molecular flexibility index (Phi) is 6.71. The number of hydrogen-bond acceptors (Lipinski definition) is 3. The zero-order chi connectivity index (χ0) is 21.7. The Bertz CT molecular complexity index is 925. The van der Waals surface area contributed by atoms with Crippen molar-refractivity contribution in [3.8, 4) is 0 Å². The molecule has 5 nitrogen and oxygen atoms in total. The molecule has 160 valence electrons. The summed E-state index contributed by atoms with van der Waals surface area (Å²) in [5, 5.41) is 4.87. The molecule has 2 amide bonds. The predicted octanol–water partition coefficient (Wildman–Crippen LogP) is 3.93. The molecule has 2 aromatic rings. The van der Waals surface area contributed by atoms with Crippen LogP contribution in [0.25, 0.3) is 0 Å². The minimum atomic E-state index is -4.71. The molecule has 1 atom stereocenters. The molecule has 0 aromatic heterocycles. The van der Waals surface area contributed by atoms with Crippen LogP contribution in [0.4, 0.5) is 23.2 Å². The van der Waals surface area contributed by atoms with Crippen molar-refractivity contribution < 1.29 is 31.9 Å². The van der Waals surface area contributed by atoms with Crippen molar-refractivity contribution in [3.63, 3.8) is 0 Å². The van der Waals surface area contributed by atoms with E-state index in [0.717, 1.165) is 31.0 Å². The first-order chi connectivity index (χ1) is 14.2. The van der Waals surface area contributed by atoms with E-state index >= 15 is 0 Å². The van der Waals surface area contributed by atoms with Gasteiger partial charge in [-0.05, 0) is 42.7 Å². The van der Waals surface area contributed by atoms with Gasteiger partial charge in [-0.25, -0.2) is 4.39 Å². The summed E-state index contributed by atoms with van der Waals surface area (Å²) in [5.41, 5.74) is -1.41. The van der Waals surface area contributed by atoms with E-state index in [1.54, 1.807) is 6.07 Å². The smallest absolute Gasteiger partial charge is 0.376 e. The lowest BCUT2D eigenvalue weighted by atomic mass is 10.1. The summed E-state index contributed by atoms with van der Waals surface area (Å²) in [4.78, 5) is 24.6. The molecule has 3 rings (SSSR count). The average molecular weight is 424 g/mol. The maximum atomic E-state index is 13.7. The van der Waals surface area contributed by atoms with E-state index in [0.29, 0.717) is 6.61 Å². The molecule has 0 radical (unpaired) electrons. The van der Waals surface area contributed by atoms with Crippen LogP contribution in [0.5, 0.6) is 0 Å². The van der Waals surface area contributed by atoms with E-state index in [4.69, 9.17) is 4.74 Å². The van der Waals surface area contributed by atoms with Crippen LogP contribution in [0.1, 0.15) is 34.3 Å². The number of benzene rings is 2. The molecule has 1 heterocycles. The largest absolute Gasteiger partial charge is 0.416 e. The summed E-state index contributed by atoms with van der Waals surface area (Å²) in [6.07, 6.45) is -3.61. The molecule has 1 aliphatic heterocycles. The zero-order valence-corrected chi connectivity index (χ0v) is 15.9. The molecule has 1 fully saturated rings. The van der Waals surface area contributed by atoms with Gasteiger partial charge in [0.2, 0.25) is 5.91 Å². The van der Waals surface area contributed by atoms with E-state index in [1.165, 1.54) is 18.2 Å². The van der Waals surface area contributed by atoms with Gasteiger partial charge in [-0.1, -0.05) is 18.2 Å². The molecule has 0 spiro atoms. The SMILES string of the molecule is O=C(Cc1ccccc1F)Nc1cc(C(=O)NCC2CCCO2)cc(C(F)(F)F)c1. The third-order valence-corrected chi connectivity index (χ3v) is 4.63. The Balaban J connectivity index is 1.75. The molecule has 0 bridgehead atoms. The molecule has 2 N–H and O–H groups in total. The minimum Gasteiger partial charge on any atom is -0.376 e. The van der Waals surface area contributed by atoms with Gasteiger partial charge in [-0.15, -0.1) is 0 Å². The third kappa shape index (κ3) is 5.79. The first-order valence-electron chi connectivity index (χ1n) is 9.38. The van der Waals surface area contributed by atoms with Crippen LogP contribution < -0.4 is 10.6 Å². The van der Waals surface area contributed by atoms with E-state index < -0.39 is 29.4 Å². The van der Waals surface area contributed by atoms with Crippen LogP contribution in [0.15, 0.2) is 42.5 Å². The highest BCUT2D eigenvalue weighted by molar-refractivity contribution is 5.98. The van der Waals surface area contributed by atoms with Crippen LogP contribution in [0, 0.1) is 5.82 Å². The summed E-state index contributed by atoms with van der Waals surface area (Å²) in [6.45, 7) is 0.770. The van der Waals surface area contributed by atoms with E-state index in [2.05, 4.69) is 10.6 Å². The molecule has 9 heteroatoms. The number of carbonyl (C=O) groups is 2. The van der Waals surface area contributed by atoms with E-state index in [-0.39, 0.29) is 35.9 Å². The quantitative estimate of drug-likeness (QED) is 0.691. The standard InChI is InChI=1S/C21H20F4N2O3/c22-18-6-2-1-4-13(18)10-19(28)27-16-9-14(8-15(11-16)21(23,24)25)20(29)26-12-17-5-3-7-30-17/h1-2,4,6,8-9,11,17H,3,5,7,10,12H2,(H,26,29)(H,27,28). The van der Waals surface area contributed by atoms with Gasteiger partial charge in [0.05, 0.1) is 18.1 Å². The molecule has 1 saturated heterocycles. The highest BCUT2D eigenvalue weighted by atomic mass is 19.4. The number of hydrogen-bond donors (Lipinski definition) is 2. The van der Waals surface area contributed by atoms with Crippen molar-refractivity contribution in [1.82, 2.24) is 5.32 Å². The Morgan fingerprint density at radius 2 is 1.90 bits per heavy atom. The highest BCUT2D eigenvalue weighted by Crippen LogP contribution is 2.32. The van der Waals surface area contributed by atoms with Gasteiger partial charge in [-0.2, -0.15) is 13.2 Å². The zero-order valence-electron chi connectivity index (χ0n) is 15.9. The van der Waals surface area contributed by atoms with Crippen molar-refractivity contribution in [2.45, 2.75) is 31.5 Å². The second kappa shape index (κ2) is 9.25. The van der Waals surface area contributed by atoms with E-state index in [9.17, 15) is 27.2 Å². The fourth-order valence-electron chi connectivity index (χ4n) is 3.13. The molecule has 30 heavy (non-hydrogen) atoms. The lowest BCUT2D eigenvalue weighted by Crippen LogP contribution is -2.32. The van der Waals surface area contributed by atoms with E-state index in [1.807, 2.05) is 0 Å². The molecule has 1 unspecified atom stereocenters. The number of carbonyl (C=O) groups excluding carboxylic acids is 2. The van der Waals surface area contributed by atoms with Crippen molar-refractivity contribution in [2.75, 3.05) is 18.5 Å². The third-order valence-electron chi connectivity index (χ3n) is 4.63. The Hall–Kier alpha value is -2.94. The minimum absolute atomic E-state index is 0.108. The summed E-state index contributed by atoms with van der Waals surface area (Å²) < 4.78 is 58.9.